The molecule has 4 heteroatoms. The average Bonchev–Trinajstić information content (AvgIpc) is 2.01. The highest BCUT2D eigenvalue weighted by Gasteiger charge is 2.25. The lowest BCUT2D eigenvalue weighted by molar-refractivity contribution is -0.319. The molecule has 0 radical (unpaired) electrons. The molecule has 0 N–H and O–H groups in total. The molecule has 0 aromatic carbocycles. The van der Waals surface area contributed by atoms with Gasteiger partial charge < -0.3 is 18.9 Å². The molecular formula is C10H20O4. The van der Waals surface area contributed by atoms with Gasteiger partial charge in [0.25, 0.3) is 0 Å². The Labute approximate surface area is 85.5 Å². The van der Waals surface area contributed by atoms with Gasteiger partial charge in [0, 0.05) is 0 Å². The van der Waals surface area contributed by atoms with Gasteiger partial charge >= 0.3 is 0 Å². The maximum absolute atomic E-state index is 5.54. The first-order chi connectivity index (χ1) is 6.58. The number of rotatable bonds is 4. The quantitative estimate of drug-likeness (QED) is 0.696. The SMILES string of the molecule is CC(C)OC1COCC(OC(C)C)O1. The van der Waals surface area contributed by atoms with Crippen molar-refractivity contribution in [1.29, 1.82) is 0 Å². The van der Waals surface area contributed by atoms with E-state index in [0.29, 0.717) is 13.2 Å². The normalized spacial score (nSPS) is 28.7. The summed E-state index contributed by atoms with van der Waals surface area (Å²) in [5.74, 6) is 0. The second kappa shape index (κ2) is 5.66. The highest BCUT2D eigenvalue weighted by Crippen LogP contribution is 2.13. The summed E-state index contributed by atoms with van der Waals surface area (Å²) in [7, 11) is 0. The Bertz CT molecular complexity index is 142. The van der Waals surface area contributed by atoms with E-state index in [4.69, 9.17) is 18.9 Å². The number of hydrogen-bond acceptors (Lipinski definition) is 4. The minimum absolute atomic E-state index is 0.140. The van der Waals surface area contributed by atoms with Crippen LogP contribution in [0.2, 0.25) is 0 Å². The van der Waals surface area contributed by atoms with Gasteiger partial charge in [-0.25, -0.2) is 0 Å². The summed E-state index contributed by atoms with van der Waals surface area (Å²) in [5, 5.41) is 0. The Morgan fingerprint density at radius 3 is 1.71 bits per heavy atom. The van der Waals surface area contributed by atoms with Gasteiger partial charge in [-0.05, 0) is 27.7 Å². The van der Waals surface area contributed by atoms with E-state index in [1.807, 2.05) is 27.7 Å². The molecule has 0 bridgehead atoms. The highest BCUT2D eigenvalue weighted by molar-refractivity contribution is 4.57. The summed E-state index contributed by atoms with van der Waals surface area (Å²) in [6.45, 7) is 8.84. The molecule has 0 spiro atoms. The second-order valence-corrected chi connectivity index (χ2v) is 3.90. The monoisotopic (exact) mass is 204 g/mol. The van der Waals surface area contributed by atoms with Crippen LogP contribution in [0.4, 0.5) is 0 Å². The zero-order chi connectivity index (χ0) is 10.6. The van der Waals surface area contributed by atoms with E-state index in [1.54, 1.807) is 0 Å². The fourth-order valence-corrected chi connectivity index (χ4v) is 1.26. The third-order valence-electron chi connectivity index (χ3n) is 1.66. The summed E-state index contributed by atoms with van der Waals surface area (Å²) < 4.78 is 21.8. The summed E-state index contributed by atoms with van der Waals surface area (Å²) >= 11 is 0. The van der Waals surface area contributed by atoms with Gasteiger partial charge in [-0.2, -0.15) is 0 Å². The van der Waals surface area contributed by atoms with E-state index in [9.17, 15) is 0 Å². The minimum Gasteiger partial charge on any atom is -0.371 e. The smallest absolute Gasteiger partial charge is 0.184 e. The topological polar surface area (TPSA) is 36.9 Å². The van der Waals surface area contributed by atoms with Gasteiger partial charge in [-0.15, -0.1) is 0 Å². The molecule has 14 heavy (non-hydrogen) atoms. The van der Waals surface area contributed by atoms with Crippen molar-refractivity contribution in [3.05, 3.63) is 0 Å². The van der Waals surface area contributed by atoms with Crippen LogP contribution in [0.1, 0.15) is 27.7 Å². The van der Waals surface area contributed by atoms with E-state index in [1.165, 1.54) is 0 Å². The molecule has 2 unspecified atom stereocenters. The zero-order valence-electron chi connectivity index (χ0n) is 9.36. The van der Waals surface area contributed by atoms with Crippen molar-refractivity contribution < 1.29 is 18.9 Å². The van der Waals surface area contributed by atoms with E-state index < -0.39 is 0 Å². The predicted octanol–water partition coefficient (Wildman–Crippen LogP) is 1.54. The fraction of sp³-hybridized carbons (Fsp3) is 1.00. The molecule has 0 aliphatic carbocycles. The van der Waals surface area contributed by atoms with Gasteiger partial charge in [0.2, 0.25) is 0 Å². The molecule has 1 fully saturated rings. The van der Waals surface area contributed by atoms with Gasteiger partial charge in [0.15, 0.2) is 12.6 Å². The van der Waals surface area contributed by atoms with Crippen molar-refractivity contribution in [3.63, 3.8) is 0 Å². The molecule has 1 aliphatic heterocycles. The van der Waals surface area contributed by atoms with Gasteiger partial charge in [-0.3, -0.25) is 0 Å². The maximum Gasteiger partial charge on any atom is 0.184 e. The lowest BCUT2D eigenvalue weighted by atomic mass is 10.4. The van der Waals surface area contributed by atoms with E-state index >= 15 is 0 Å². The minimum atomic E-state index is -0.299. The lowest BCUT2D eigenvalue weighted by Gasteiger charge is -2.31. The molecule has 0 aromatic heterocycles. The lowest BCUT2D eigenvalue weighted by Crippen LogP contribution is -2.41. The van der Waals surface area contributed by atoms with Crippen molar-refractivity contribution >= 4 is 0 Å². The molecule has 0 amide bonds. The summed E-state index contributed by atoms with van der Waals surface area (Å²) in [5.41, 5.74) is 0. The number of ether oxygens (including phenoxy) is 4. The molecule has 0 saturated carbocycles. The van der Waals surface area contributed by atoms with Crippen LogP contribution < -0.4 is 0 Å². The molecule has 84 valence electrons. The second-order valence-electron chi connectivity index (χ2n) is 3.90. The third kappa shape index (κ3) is 4.37. The Balaban J connectivity index is 2.28. The van der Waals surface area contributed by atoms with Gasteiger partial charge in [0.1, 0.15) is 0 Å². The Kier molecular flexibility index (Phi) is 4.81. The summed E-state index contributed by atoms with van der Waals surface area (Å²) in [6.07, 6.45) is -0.317. The van der Waals surface area contributed by atoms with Crippen molar-refractivity contribution in [2.75, 3.05) is 13.2 Å². The molecule has 4 nitrogen and oxygen atoms in total. The van der Waals surface area contributed by atoms with Crippen LogP contribution in [0.25, 0.3) is 0 Å². The van der Waals surface area contributed by atoms with Crippen LogP contribution in [0.15, 0.2) is 0 Å². The van der Waals surface area contributed by atoms with Crippen molar-refractivity contribution in [2.24, 2.45) is 0 Å². The van der Waals surface area contributed by atoms with Crippen LogP contribution in [-0.4, -0.2) is 38.0 Å². The highest BCUT2D eigenvalue weighted by atomic mass is 16.8. The van der Waals surface area contributed by atoms with Crippen LogP contribution in [-0.2, 0) is 18.9 Å². The summed E-state index contributed by atoms with van der Waals surface area (Å²) in [4.78, 5) is 0. The van der Waals surface area contributed by atoms with Crippen molar-refractivity contribution in [1.82, 2.24) is 0 Å². The Hall–Kier alpha value is -0.160. The molecular weight excluding hydrogens is 184 g/mol. The number of hydrogen-bond donors (Lipinski definition) is 0. The third-order valence-corrected chi connectivity index (χ3v) is 1.66. The maximum atomic E-state index is 5.54. The molecule has 1 rings (SSSR count). The van der Waals surface area contributed by atoms with Crippen LogP contribution in [0.5, 0.6) is 0 Å². The first kappa shape index (κ1) is 11.9. The van der Waals surface area contributed by atoms with Gasteiger partial charge in [-0.1, -0.05) is 0 Å². The van der Waals surface area contributed by atoms with Gasteiger partial charge in [0.05, 0.1) is 25.4 Å². The molecule has 2 atom stereocenters. The molecule has 1 saturated heterocycles. The van der Waals surface area contributed by atoms with E-state index in [2.05, 4.69) is 0 Å². The Morgan fingerprint density at radius 2 is 1.36 bits per heavy atom. The predicted molar refractivity (Wildman–Crippen MR) is 51.9 cm³/mol. The van der Waals surface area contributed by atoms with E-state index in [-0.39, 0.29) is 24.8 Å². The summed E-state index contributed by atoms with van der Waals surface area (Å²) in [6, 6.07) is 0. The first-order valence-corrected chi connectivity index (χ1v) is 5.12. The van der Waals surface area contributed by atoms with Crippen molar-refractivity contribution in [2.45, 2.75) is 52.5 Å². The molecule has 1 heterocycles. The van der Waals surface area contributed by atoms with Crippen LogP contribution >= 0.6 is 0 Å². The largest absolute Gasteiger partial charge is 0.371 e. The zero-order valence-corrected chi connectivity index (χ0v) is 9.36. The van der Waals surface area contributed by atoms with E-state index in [0.717, 1.165) is 0 Å². The Morgan fingerprint density at radius 1 is 0.929 bits per heavy atom. The van der Waals surface area contributed by atoms with Crippen molar-refractivity contribution in [3.8, 4) is 0 Å². The first-order valence-electron chi connectivity index (χ1n) is 5.12. The fourth-order valence-electron chi connectivity index (χ4n) is 1.26. The standard InChI is InChI=1S/C10H20O4/c1-7(2)12-9-5-11-6-10(14-9)13-8(3)4/h7-10H,5-6H2,1-4H3. The van der Waals surface area contributed by atoms with Crippen LogP contribution in [0.3, 0.4) is 0 Å². The molecule has 0 aromatic rings. The van der Waals surface area contributed by atoms with Crippen LogP contribution in [0, 0.1) is 0 Å². The average molecular weight is 204 g/mol. The molecule has 1 aliphatic rings.